The Hall–Kier alpha value is -6.66. The number of nitrogens with one attached hydrogen (secondary N) is 10. The van der Waals surface area contributed by atoms with E-state index in [9.17, 15) is 52.7 Å². The van der Waals surface area contributed by atoms with E-state index in [0.29, 0.717) is 12.1 Å². The maximum atomic E-state index is 13.4. The Bertz CT molecular complexity index is 1880. The molecule has 25 heteroatoms. The maximum absolute atomic E-state index is 13.4. The molecule has 0 saturated carbocycles. The second-order valence-electron chi connectivity index (χ2n) is 16.1. The molecule has 1 aliphatic heterocycles. The number of hydrogen-bond donors (Lipinski definition) is 12. The van der Waals surface area contributed by atoms with Gasteiger partial charge in [0.05, 0.1) is 18.9 Å². The minimum absolute atomic E-state index is 0.161. The van der Waals surface area contributed by atoms with Crippen molar-refractivity contribution in [1.82, 2.24) is 62.7 Å². The second kappa shape index (κ2) is 24.8. The van der Waals surface area contributed by atoms with Crippen molar-refractivity contribution in [3.63, 3.8) is 0 Å². The second-order valence-corrected chi connectivity index (χ2v) is 16.1. The average Bonchev–Trinajstić information content (AvgIpc) is 3.94. The van der Waals surface area contributed by atoms with Gasteiger partial charge in [0.2, 0.25) is 65.0 Å². The molecule has 0 aromatic carbocycles. The zero-order valence-corrected chi connectivity index (χ0v) is 37.6. The molecule has 0 aliphatic carbocycles. The molecule has 2 heterocycles. The Balaban J connectivity index is 1.79. The van der Waals surface area contributed by atoms with E-state index in [1.54, 1.807) is 13.8 Å². The molecule has 14 N–H and O–H groups in total. The standard InChI is InChI=1S/C39H64N14O11/c1-17(2)29(30(41)55)52-36(61)19(4)45-28(54)15-43-31(56)18(3)46-32(57)20(5)47-33(58)21(6)48-34(59)23(8)50-38(63)27-11-10-12-53(27)39(64)24(9)51-35(60)22(7)49-37(62)26(40)13-25-14-42-16-44-25/h14,16-24,26-27,29H,10-13,15,40H2,1-9H3,(H2,41,55)(H,42,44)(H,43,56)(H,45,54)(H,46,57)(H,47,58)(H,48,59)(H,49,62)(H,50,63)(H,51,60)(H,52,61)/t18-,19-,20-,21-,22-,23-,24-,26-,27-,29-/m0/s1. The molecule has 1 aromatic rings. The number of likely N-dealkylation sites (tertiary alicyclic amines) is 1. The molecule has 11 amide bonds. The monoisotopic (exact) mass is 904 g/mol. The Morgan fingerprint density at radius 2 is 1.09 bits per heavy atom. The third-order valence-electron chi connectivity index (χ3n) is 10.1. The van der Waals surface area contributed by atoms with Crippen LogP contribution < -0.4 is 59.3 Å². The van der Waals surface area contributed by atoms with E-state index in [1.807, 2.05) is 0 Å². The summed E-state index contributed by atoms with van der Waals surface area (Å²) in [5.41, 5.74) is 11.9. The van der Waals surface area contributed by atoms with Gasteiger partial charge in [0.1, 0.15) is 54.4 Å². The number of rotatable bonds is 23. The maximum Gasteiger partial charge on any atom is 0.245 e. The van der Waals surface area contributed by atoms with Gasteiger partial charge < -0.3 is 69.2 Å². The van der Waals surface area contributed by atoms with Crippen LogP contribution >= 0.6 is 0 Å². The van der Waals surface area contributed by atoms with Crippen LogP contribution in [0.4, 0.5) is 0 Å². The number of H-pyrrole nitrogens is 1. The van der Waals surface area contributed by atoms with Gasteiger partial charge in [0.15, 0.2) is 0 Å². The van der Waals surface area contributed by atoms with Gasteiger partial charge in [-0.15, -0.1) is 0 Å². The third-order valence-corrected chi connectivity index (χ3v) is 10.1. The van der Waals surface area contributed by atoms with Gasteiger partial charge in [-0.25, -0.2) is 4.98 Å². The number of amides is 11. The van der Waals surface area contributed by atoms with Crippen LogP contribution in [0.25, 0.3) is 0 Å². The lowest BCUT2D eigenvalue weighted by Gasteiger charge is -2.28. The van der Waals surface area contributed by atoms with Crippen LogP contribution in [-0.2, 0) is 59.2 Å². The van der Waals surface area contributed by atoms with Gasteiger partial charge in [-0.1, -0.05) is 13.8 Å². The van der Waals surface area contributed by atoms with Crippen molar-refractivity contribution in [2.75, 3.05) is 13.1 Å². The SMILES string of the molecule is CC(C)[C@H](NC(=O)[C@H](C)NC(=O)CNC(=O)[C@H](C)NC(=O)[C@H](C)NC(=O)[C@H](C)NC(=O)[C@H](C)NC(=O)[C@@H]1CCCN1C(=O)[C@H](C)NC(=O)[C@H](C)NC(=O)[C@@H](N)Cc1cnc[nH]1)C(N)=O. The molecule has 0 unspecified atom stereocenters. The number of carbonyl (C=O) groups is 11. The molecule has 356 valence electrons. The highest BCUT2D eigenvalue weighted by atomic mass is 16.2. The number of primary amides is 1. The molecule has 2 rings (SSSR count). The van der Waals surface area contributed by atoms with Crippen molar-refractivity contribution in [1.29, 1.82) is 0 Å². The van der Waals surface area contributed by atoms with E-state index in [-0.39, 0.29) is 25.3 Å². The summed E-state index contributed by atoms with van der Waals surface area (Å²) < 4.78 is 0. The molecule has 0 bridgehead atoms. The number of nitrogens with zero attached hydrogens (tertiary/aromatic N) is 2. The number of carbonyl (C=O) groups excluding carboxylic acids is 11. The number of imidazole rings is 1. The van der Waals surface area contributed by atoms with Gasteiger partial charge in [-0.2, -0.15) is 0 Å². The van der Waals surface area contributed by atoms with Crippen LogP contribution in [0.2, 0.25) is 0 Å². The van der Waals surface area contributed by atoms with Crippen LogP contribution in [0.1, 0.15) is 80.8 Å². The summed E-state index contributed by atoms with van der Waals surface area (Å²) >= 11 is 0. The summed E-state index contributed by atoms with van der Waals surface area (Å²) in [6.07, 6.45) is 3.87. The third kappa shape index (κ3) is 16.6. The molecule has 1 saturated heterocycles. The summed E-state index contributed by atoms with van der Waals surface area (Å²) in [6, 6.07) is -10.8. The van der Waals surface area contributed by atoms with Crippen LogP contribution in [-0.4, -0.2) is 153 Å². The topological polar surface area (TPSA) is 380 Å². The van der Waals surface area contributed by atoms with E-state index >= 15 is 0 Å². The molecule has 1 fully saturated rings. The van der Waals surface area contributed by atoms with Gasteiger partial charge in [-0.05, 0) is 67.2 Å². The number of nitrogens with two attached hydrogens (primary N) is 2. The normalized spacial score (nSPS) is 17.6. The Kier molecular flexibility index (Phi) is 20.8. The first-order chi connectivity index (χ1) is 29.8. The molecule has 25 nitrogen and oxygen atoms in total. The lowest BCUT2D eigenvalue weighted by molar-refractivity contribution is -0.142. The minimum atomic E-state index is -1.19. The van der Waals surface area contributed by atoms with Crippen LogP contribution in [0.3, 0.4) is 0 Å². The molecular weight excluding hydrogens is 841 g/mol. The highest BCUT2D eigenvalue weighted by molar-refractivity contribution is 5.98. The Morgan fingerprint density at radius 1 is 0.641 bits per heavy atom. The predicted molar refractivity (Wildman–Crippen MR) is 227 cm³/mol. The quantitative estimate of drug-likeness (QED) is 0.0489. The first-order valence-electron chi connectivity index (χ1n) is 20.9. The van der Waals surface area contributed by atoms with Gasteiger partial charge in [-0.3, -0.25) is 52.7 Å². The van der Waals surface area contributed by atoms with E-state index in [0.717, 1.165) is 0 Å². The largest absolute Gasteiger partial charge is 0.368 e. The molecule has 0 radical (unpaired) electrons. The highest BCUT2D eigenvalue weighted by Crippen LogP contribution is 2.19. The Labute approximate surface area is 370 Å². The van der Waals surface area contributed by atoms with Crippen LogP contribution in [0.5, 0.6) is 0 Å². The molecular formula is C39H64N14O11. The fourth-order valence-electron chi connectivity index (χ4n) is 6.17. The van der Waals surface area contributed by atoms with Crippen molar-refractivity contribution < 1.29 is 52.7 Å². The zero-order chi connectivity index (χ0) is 48.6. The van der Waals surface area contributed by atoms with Gasteiger partial charge in [0, 0.05) is 24.9 Å². The van der Waals surface area contributed by atoms with E-state index in [4.69, 9.17) is 11.5 Å². The summed E-state index contributed by atoms with van der Waals surface area (Å²) in [4.78, 5) is 147. The zero-order valence-electron chi connectivity index (χ0n) is 37.6. The lowest BCUT2D eigenvalue weighted by Crippen LogP contribution is -2.58. The van der Waals surface area contributed by atoms with Gasteiger partial charge in [0.25, 0.3) is 0 Å². The molecule has 1 aromatic heterocycles. The molecule has 64 heavy (non-hydrogen) atoms. The summed E-state index contributed by atoms with van der Waals surface area (Å²) in [6.45, 7) is 12.6. The fraction of sp³-hybridized carbons (Fsp3) is 0.641. The molecule has 10 atom stereocenters. The number of aromatic nitrogens is 2. The fourth-order valence-corrected chi connectivity index (χ4v) is 6.17. The molecule has 1 aliphatic rings. The predicted octanol–water partition coefficient (Wildman–Crippen LogP) is -5.45. The van der Waals surface area contributed by atoms with Crippen molar-refractivity contribution in [2.24, 2.45) is 17.4 Å². The smallest absolute Gasteiger partial charge is 0.245 e. The number of hydrogen-bond acceptors (Lipinski definition) is 13. The van der Waals surface area contributed by atoms with Crippen LogP contribution in [0.15, 0.2) is 12.5 Å². The van der Waals surface area contributed by atoms with E-state index in [2.05, 4.69) is 57.8 Å². The van der Waals surface area contributed by atoms with Crippen molar-refractivity contribution in [3.05, 3.63) is 18.2 Å². The van der Waals surface area contributed by atoms with Crippen molar-refractivity contribution in [2.45, 2.75) is 142 Å². The van der Waals surface area contributed by atoms with E-state index in [1.165, 1.54) is 65.9 Å². The van der Waals surface area contributed by atoms with Crippen molar-refractivity contribution >= 4 is 65.0 Å². The first kappa shape index (κ1) is 53.5. The van der Waals surface area contributed by atoms with Crippen LogP contribution in [0, 0.1) is 5.92 Å². The Morgan fingerprint density at radius 3 is 1.58 bits per heavy atom. The van der Waals surface area contributed by atoms with E-state index < -0.39 is 132 Å². The molecule has 0 spiro atoms. The average molecular weight is 905 g/mol. The lowest BCUT2D eigenvalue weighted by atomic mass is 10.0. The number of aromatic amines is 1. The summed E-state index contributed by atoms with van der Waals surface area (Å²) in [5.74, 6) is -7.92. The minimum Gasteiger partial charge on any atom is -0.368 e. The summed E-state index contributed by atoms with van der Waals surface area (Å²) in [5, 5.41) is 22.0. The van der Waals surface area contributed by atoms with Crippen molar-refractivity contribution in [3.8, 4) is 0 Å². The summed E-state index contributed by atoms with van der Waals surface area (Å²) in [7, 11) is 0. The highest BCUT2D eigenvalue weighted by Gasteiger charge is 2.38. The van der Waals surface area contributed by atoms with Gasteiger partial charge >= 0.3 is 0 Å². The first-order valence-corrected chi connectivity index (χ1v) is 20.9.